The summed E-state index contributed by atoms with van der Waals surface area (Å²) in [6.45, 7) is 4.29. The minimum atomic E-state index is -3.22. The number of alkyl halides is 1. The molecule has 0 saturated carbocycles. The largest absolute Gasteiger partial charge is 0.214 e. The number of halogens is 1. The van der Waals surface area contributed by atoms with Gasteiger partial charge < -0.3 is 0 Å². The number of benzene rings is 1. The topological polar surface area (TPSA) is 37.4 Å². The van der Waals surface area contributed by atoms with Crippen LogP contribution >= 0.6 is 11.6 Å². The van der Waals surface area contributed by atoms with Crippen molar-refractivity contribution in [2.75, 3.05) is 18.2 Å². The van der Waals surface area contributed by atoms with Crippen LogP contribution in [-0.4, -0.2) is 36.9 Å². The number of sulfonamides is 1. The van der Waals surface area contributed by atoms with Gasteiger partial charge >= 0.3 is 0 Å². The van der Waals surface area contributed by atoms with Crippen molar-refractivity contribution in [3.05, 3.63) is 35.9 Å². The van der Waals surface area contributed by atoms with E-state index in [9.17, 15) is 8.42 Å². The van der Waals surface area contributed by atoms with Crippen LogP contribution in [0, 0.1) is 0 Å². The lowest BCUT2D eigenvalue weighted by Crippen LogP contribution is -2.39. The van der Waals surface area contributed by atoms with E-state index in [1.165, 1.54) is 0 Å². The summed E-state index contributed by atoms with van der Waals surface area (Å²) in [6.07, 6.45) is 1.23. The first-order valence-electron chi connectivity index (χ1n) is 6.57. The van der Waals surface area contributed by atoms with Crippen molar-refractivity contribution >= 4 is 21.6 Å². The molecular weight excluding hydrogens is 282 g/mol. The molecule has 0 aliphatic carbocycles. The molecule has 0 atom stereocenters. The van der Waals surface area contributed by atoms with E-state index in [0.717, 1.165) is 5.56 Å². The van der Waals surface area contributed by atoms with Gasteiger partial charge in [-0.05, 0) is 32.3 Å². The van der Waals surface area contributed by atoms with Gasteiger partial charge in [-0.1, -0.05) is 30.3 Å². The molecule has 0 bridgehead atoms. The monoisotopic (exact) mass is 303 g/mol. The predicted molar refractivity (Wildman–Crippen MR) is 81.1 cm³/mol. The zero-order valence-corrected chi connectivity index (χ0v) is 13.1. The van der Waals surface area contributed by atoms with E-state index in [1.54, 1.807) is 4.31 Å². The Kier molecular flexibility index (Phi) is 6.83. The number of nitrogens with zero attached hydrogens (tertiary/aromatic N) is 1. The van der Waals surface area contributed by atoms with Gasteiger partial charge in [-0.2, -0.15) is 4.31 Å². The van der Waals surface area contributed by atoms with Crippen molar-refractivity contribution in [3.8, 4) is 0 Å². The lowest BCUT2D eigenvalue weighted by Gasteiger charge is -2.25. The maximum absolute atomic E-state index is 12.3. The molecule has 0 fully saturated rings. The second kappa shape index (κ2) is 7.88. The summed E-state index contributed by atoms with van der Waals surface area (Å²) in [4.78, 5) is 0. The molecule has 5 heteroatoms. The van der Waals surface area contributed by atoms with Gasteiger partial charge in [-0.3, -0.25) is 0 Å². The summed E-state index contributed by atoms with van der Waals surface area (Å²) in [6, 6.07) is 9.66. The Labute approximate surface area is 121 Å². The normalized spacial score (nSPS) is 12.3. The van der Waals surface area contributed by atoms with Crippen molar-refractivity contribution in [1.82, 2.24) is 4.31 Å². The highest BCUT2D eigenvalue weighted by Gasteiger charge is 2.23. The molecule has 108 valence electrons. The Morgan fingerprint density at radius 3 is 2.37 bits per heavy atom. The second-order valence-electron chi connectivity index (χ2n) is 4.80. The average molecular weight is 304 g/mol. The molecule has 1 aromatic carbocycles. The van der Waals surface area contributed by atoms with Crippen LogP contribution in [0.4, 0.5) is 0 Å². The quantitative estimate of drug-likeness (QED) is 0.693. The summed E-state index contributed by atoms with van der Waals surface area (Å²) in [5, 5.41) is 0. The maximum atomic E-state index is 12.3. The Morgan fingerprint density at radius 2 is 1.84 bits per heavy atom. The number of hydrogen-bond donors (Lipinski definition) is 0. The molecule has 0 aliphatic heterocycles. The van der Waals surface area contributed by atoms with E-state index in [1.807, 2.05) is 44.2 Å². The van der Waals surface area contributed by atoms with Crippen LogP contribution in [0.1, 0.15) is 25.8 Å². The third kappa shape index (κ3) is 5.51. The van der Waals surface area contributed by atoms with E-state index in [4.69, 9.17) is 11.6 Å². The third-order valence-corrected chi connectivity index (χ3v) is 5.24. The molecule has 0 N–H and O–H groups in total. The summed E-state index contributed by atoms with van der Waals surface area (Å²) < 4.78 is 26.2. The van der Waals surface area contributed by atoms with E-state index in [0.29, 0.717) is 25.3 Å². The van der Waals surface area contributed by atoms with Crippen LogP contribution in [0.3, 0.4) is 0 Å². The second-order valence-corrected chi connectivity index (χ2v) is 7.22. The van der Waals surface area contributed by atoms with Gasteiger partial charge in [-0.15, -0.1) is 11.6 Å². The third-order valence-electron chi connectivity index (χ3n) is 2.94. The zero-order chi connectivity index (χ0) is 14.3. The van der Waals surface area contributed by atoms with Crippen molar-refractivity contribution in [1.29, 1.82) is 0 Å². The first-order chi connectivity index (χ1) is 8.97. The molecule has 1 rings (SSSR count). The van der Waals surface area contributed by atoms with Crippen LogP contribution in [-0.2, 0) is 16.4 Å². The summed E-state index contributed by atoms with van der Waals surface area (Å²) >= 11 is 5.65. The van der Waals surface area contributed by atoms with E-state index in [-0.39, 0.29) is 11.8 Å². The molecule has 0 aromatic heterocycles. The fourth-order valence-corrected chi connectivity index (χ4v) is 3.84. The molecule has 0 heterocycles. The van der Waals surface area contributed by atoms with Crippen molar-refractivity contribution in [2.45, 2.75) is 32.7 Å². The lowest BCUT2D eigenvalue weighted by molar-refractivity contribution is 0.354. The molecule has 0 radical (unpaired) electrons. The highest BCUT2D eigenvalue weighted by atomic mass is 35.5. The standard InChI is InChI=1S/C14H22ClNO2S/c1-13(2)16(11-6-10-15)19(17,18)12-9-14-7-4-3-5-8-14/h3-5,7-8,13H,6,9-12H2,1-2H3. The average Bonchev–Trinajstić information content (AvgIpc) is 2.37. The van der Waals surface area contributed by atoms with Gasteiger partial charge in [0.2, 0.25) is 10.0 Å². The number of rotatable bonds is 8. The first-order valence-corrected chi connectivity index (χ1v) is 8.71. The maximum Gasteiger partial charge on any atom is 0.214 e. The van der Waals surface area contributed by atoms with Crippen LogP contribution in [0.15, 0.2) is 30.3 Å². The number of hydrogen-bond acceptors (Lipinski definition) is 2. The molecule has 0 saturated heterocycles. The minimum absolute atomic E-state index is 0.0241. The van der Waals surface area contributed by atoms with Crippen LogP contribution in [0.5, 0.6) is 0 Å². The molecule has 0 unspecified atom stereocenters. The Hall–Kier alpha value is -0.580. The number of aryl methyl sites for hydroxylation is 1. The molecule has 0 aliphatic rings. The van der Waals surface area contributed by atoms with Gasteiger partial charge in [0, 0.05) is 18.5 Å². The predicted octanol–water partition coefficient (Wildman–Crippen LogP) is 2.90. The van der Waals surface area contributed by atoms with Gasteiger partial charge in [0.25, 0.3) is 0 Å². The Bertz CT molecular complexity index is 460. The first kappa shape index (κ1) is 16.5. The molecule has 0 amide bonds. The van der Waals surface area contributed by atoms with Crippen LogP contribution in [0.2, 0.25) is 0 Å². The molecule has 1 aromatic rings. The summed E-state index contributed by atoms with van der Waals surface area (Å²) in [5.41, 5.74) is 1.05. The lowest BCUT2D eigenvalue weighted by atomic mass is 10.2. The van der Waals surface area contributed by atoms with Crippen molar-refractivity contribution < 1.29 is 8.42 Å². The van der Waals surface area contributed by atoms with E-state index < -0.39 is 10.0 Å². The molecular formula is C14H22ClNO2S. The van der Waals surface area contributed by atoms with Crippen LogP contribution in [0.25, 0.3) is 0 Å². The van der Waals surface area contributed by atoms with Crippen molar-refractivity contribution in [2.24, 2.45) is 0 Å². The molecule has 3 nitrogen and oxygen atoms in total. The van der Waals surface area contributed by atoms with Gasteiger partial charge in [0.1, 0.15) is 0 Å². The SMILES string of the molecule is CC(C)N(CCCCl)S(=O)(=O)CCc1ccccc1. The van der Waals surface area contributed by atoms with Gasteiger partial charge in [-0.25, -0.2) is 8.42 Å². The summed E-state index contributed by atoms with van der Waals surface area (Å²) in [5.74, 6) is 0.634. The molecule has 19 heavy (non-hydrogen) atoms. The van der Waals surface area contributed by atoms with Gasteiger partial charge in [0.05, 0.1) is 5.75 Å². The Balaban J connectivity index is 2.67. The smallest absolute Gasteiger partial charge is 0.212 e. The summed E-state index contributed by atoms with van der Waals surface area (Å²) in [7, 11) is -3.22. The van der Waals surface area contributed by atoms with Crippen molar-refractivity contribution in [3.63, 3.8) is 0 Å². The van der Waals surface area contributed by atoms with Crippen LogP contribution < -0.4 is 0 Å². The molecule has 0 spiro atoms. The fourth-order valence-electron chi connectivity index (χ4n) is 1.94. The zero-order valence-electron chi connectivity index (χ0n) is 11.5. The highest BCUT2D eigenvalue weighted by Crippen LogP contribution is 2.11. The van der Waals surface area contributed by atoms with Gasteiger partial charge in [0.15, 0.2) is 0 Å². The Morgan fingerprint density at radius 1 is 1.21 bits per heavy atom. The van der Waals surface area contributed by atoms with E-state index >= 15 is 0 Å². The highest BCUT2D eigenvalue weighted by molar-refractivity contribution is 7.89. The fraction of sp³-hybridized carbons (Fsp3) is 0.571. The van der Waals surface area contributed by atoms with E-state index in [2.05, 4.69) is 0 Å². The minimum Gasteiger partial charge on any atom is -0.212 e.